The first-order valence-corrected chi connectivity index (χ1v) is 8.73. The lowest BCUT2D eigenvalue weighted by atomic mass is 9.87. The van der Waals surface area contributed by atoms with Crippen LogP contribution in [0.1, 0.15) is 44.4 Å². The number of benzene rings is 2. The summed E-state index contributed by atoms with van der Waals surface area (Å²) in [5.41, 5.74) is 3.80. The van der Waals surface area contributed by atoms with Crippen LogP contribution in [0.3, 0.4) is 0 Å². The van der Waals surface area contributed by atoms with Crippen LogP contribution in [0.2, 0.25) is 0 Å². The van der Waals surface area contributed by atoms with Crippen molar-refractivity contribution >= 4 is 29.5 Å². The number of nitrogens with zero attached hydrogens (tertiary/aromatic N) is 1. The number of carbonyl (C=O) groups is 2. The van der Waals surface area contributed by atoms with Gasteiger partial charge in [-0.2, -0.15) is 0 Å². The van der Waals surface area contributed by atoms with E-state index in [2.05, 4.69) is 43.2 Å². The van der Waals surface area contributed by atoms with E-state index in [0.717, 1.165) is 5.56 Å². The van der Waals surface area contributed by atoms with Gasteiger partial charge in [-0.15, -0.1) is 0 Å². The highest BCUT2D eigenvalue weighted by Gasteiger charge is 2.24. The molecular weight excluding hydrogens is 340 g/mol. The van der Waals surface area contributed by atoms with E-state index in [-0.39, 0.29) is 22.9 Å². The number of anilines is 1. The lowest BCUT2D eigenvalue weighted by Gasteiger charge is -2.18. The van der Waals surface area contributed by atoms with Crippen LogP contribution in [-0.4, -0.2) is 17.8 Å². The Hall–Kier alpha value is -3.21. The smallest absolute Gasteiger partial charge is 0.363 e. The second kappa shape index (κ2) is 7.19. The van der Waals surface area contributed by atoms with Crippen LogP contribution in [0.5, 0.6) is 0 Å². The molecule has 0 aromatic heterocycles. The van der Waals surface area contributed by atoms with E-state index < -0.39 is 5.97 Å². The maximum atomic E-state index is 12.1. The van der Waals surface area contributed by atoms with Gasteiger partial charge in [0.05, 0.1) is 0 Å². The fourth-order valence-electron chi connectivity index (χ4n) is 2.67. The minimum atomic E-state index is -0.476. The summed E-state index contributed by atoms with van der Waals surface area (Å²) in [6.45, 7) is 7.91. The SMILES string of the molecule is CC(=O)Nc1ccc(C2=N/C(=C\c3ccc(C(C)(C)C)cc3)C(=O)O2)cc1. The Labute approximate surface area is 158 Å². The molecule has 1 aliphatic rings. The summed E-state index contributed by atoms with van der Waals surface area (Å²) >= 11 is 0. The van der Waals surface area contributed by atoms with Crippen LogP contribution in [0.15, 0.2) is 59.2 Å². The summed E-state index contributed by atoms with van der Waals surface area (Å²) in [6, 6.07) is 15.0. The van der Waals surface area contributed by atoms with E-state index in [0.29, 0.717) is 11.3 Å². The Morgan fingerprint density at radius 3 is 2.22 bits per heavy atom. The van der Waals surface area contributed by atoms with Gasteiger partial charge < -0.3 is 10.1 Å². The fourth-order valence-corrected chi connectivity index (χ4v) is 2.67. The minimum absolute atomic E-state index is 0.0761. The summed E-state index contributed by atoms with van der Waals surface area (Å²) in [5.74, 6) is -0.363. The first-order valence-electron chi connectivity index (χ1n) is 8.73. The van der Waals surface area contributed by atoms with Crippen LogP contribution < -0.4 is 5.32 Å². The molecule has 1 aliphatic heterocycles. The monoisotopic (exact) mass is 362 g/mol. The van der Waals surface area contributed by atoms with Gasteiger partial charge in [0.25, 0.3) is 0 Å². The normalized spacial score (nSPS) is 15.5. The average molecular weight is 362 g/mol. The molecule has 138 valence electrons. The van der Waals surface area contributed by atoms with Crippen molar-refractivity contribution in [1.29, 1.82) is 0 Å². The molecule has 0 aliphatic carbocycles. The standard InChI is InChI=1S/C22H22N2O3/c1-14(25)23-18-11-7-16(8-12-18)20-24-19(21(26)27-20)13-15-5-9-17(10-6-15)22(2,3)4/h5-13H,1-4H3,(H,23,25)/b19-13-. The predicted octanol–water partition coefficient (Wildman–Crippen LogP) is 4.29. The molecule has 1 heterocycles. The Bertz CT molecular complexity index is 931. The van der Waals surface area contributed by atoms with Crippen LogP contribution in [-0.2, 0) is 19.7 Å². The molecule has 0 radical (unpaired) electrons. The van der Waals surface area contributed by atoms with Gasteiger partial charge in [0.2, 0.25) is 11.8 Å². The second-order valence-corrected chi connectivity index (χ2v) is 7.47. The van der Waals surface area contributed by atoms with E-state index in [1.807, 2.05) is 12.1 Å². The number of cyclic esters (lactones) is 1. The van der Waals surface area contributed by atoms with Crippen molar-refractivity contribution in [1.82, 2.24) is 0 Å². The fraction of sp³-hybridized carbons (Fsp3) is 0.227. The molecule has 3 rings (SSSR count). The molecule has 2 aromatic rings. The molecule has 0 unspecified atom stereocenters. The van der Waals surface area contributed by atoms with Crippen LogP contribution in [0.4, 0.5) is 5.69 Å². The van der Waals surface area contributed by atoms with E-state index in [1.165, 1.54) is 12.5 Å². The highest BCUT2D eigenvalue weighted by molar-refractivity contribution is 6.13. The number of amides is 1. The molecule has 0 fully saturated rings. The van der Waals surface area contributed by atoms with Crippen molar-refractivity contribution in [2.75, 3.05) is 5.32 Å². The molecule has 0 saturated carbocycles. The molecule has 0 atom stereocenters. The topological polar surface area (TPSA) is 67.8 Å². The van der Waals surface area contributed by atoms with Crippen LogP contribution in [0.25, 0.3) is 6.08 Å². The van der Waals surface area contributed by atoms with Crippen LogP contribution >= 0.6 is 0 Å². The maximum Gasteiger partial charge on any atom is 0.363 e. The Morgan fingerprint density at radius 2 is 1.67 bits per heavy atom. The second-order valence-electron chi connectivity index (χ2n) is 7.47. The summed E-state index contributed by atoms with van der Waals surface area (Å²) in [7, 11) is 0. The van der Waals surface area contributed by atoms with Gasteiger partial charge in [0, 0.05) is 18.2 Å². The number of rotatable bonds is 3. The Balaban J connectivity index is 1.81. The van der Waals surface area contributed by atoms with Crippen molar-refractivity contribution < 1.29 is 14.3 Å². The van der Waals surface area contributed by atoms with Gasteiger partial charge >= 0.3 is 5.97 Å². The third kappa shape index (κ3) is 4.50. The van der Waals surface area contributed by atoms with Crippen LogP contribution in [0, 0.1) is 0 Å². The van der Waals surface area contributed by atoms with Gasteiger partial charge in [0.1, 0.15) is 0 Å². The van der Waals surface area contributed by atoms with E-state index >= 15 is 0 Å². The van der Waals surface area contributed by atoms with Crippen molar-refractivity contribution in [3.8, 4) is 0 Å². The molecule has 1 amide bonds. The van der Waals surface area contributed by atoms with E-state index in [4.69, 9.17) is 4.74 Å². The molecule has 0 spiro atoms. The van der Waals surface area contributed by atoms with Crippen molar-refractivity contribution in [3.63, 3.8) is 0 Å². The molecule has 1 N–H and O–H groups in total. The molecule has 5 heteroatoms. The van der Waals surface area contributed by atoms with Gasteiger partial charge in [-0.25, -0.2) is 9.79 Å². The van der Waals surface area contributed by atoms with Crippen molar-refractivity contribution in [3.05, 3.63) is 70.9 Å². The highest BCUT2D eigenvalue weighted by Crippen LogP contribution is 2.24. The number of esters is 1. The zero-order valence-electron chi connectivity index (χ0n) is 15.9. The quantitative estimate of drug-likeness (QED) is 0.654. The van der Waals surface area contributed by atoms with Gasteiger partial charge in [-0.05, 0) is 46.9 Å². The lowest BCUT2D eigenvalue weighted by molar-refractivity contribution is -0.129. The average Bonchev–Trinajstić information content (AvgIpc) is 2.95. The summed E-state index contributed by atoms with van der Waals surface area (Å²) in [4.78, 5) is 27.5. The number of nitrogens with one attached hydrogen (secondary N) is 1. The molecule has 2 aromatic carbocycles. The van der Waals surface area contributed by atoms with Gasteiger partial charge in [-0.3, -0.25) is 4.79 Å². The minimum Gasteiger partial charge on any atom is -0.402 e. The largest absolute Gasteiger partial charge is 0.402 e. The molecule has 27 heavy (non-hydrogen) atoms. The zero-order valence-corrected chi connectivity index (χ0v) is 15.9. The van der Waals surface area contributed by atoms with Crippen molar-refractivity contribution in [2.45, 2.75) is 33.1 Å². The maximum absolute atomic E-state index is 12.1. The summed E-state index contributed by atoms with van der Waals surface area (Å²) < 4.78 is 5.29. The van der Waals surface area contributed by atoms with Gasteiger partial charge in [-0.1, -0.05) is 45.0 Å². The number of ether oxygens (including phenoxy) is 1. The molecule has 5 nitrogen and oxygen atoms in total. The Kier molecular flexibility index (Phi) is 4.95. The molecular formula is C22H22N2O3. The first-order chi connectivity index (χ1) is 12.7. The van der Waals surface area contributed by atoms with Crippen molar-refractivity contribution in [2.24, 2.45) is 4.99 Å². The lowest BCUT2D eigenvalue weighted by Crippen LogP contribution is -2.10. The number of carbonyl (C=O) groups excluding carboxylic acids is 2. The van der Waals surface area contributed by atoms with E-state index in [1.54, 1.807) is 30.3 Å². The molecule has 0 saturated heterocycles. The number of hydrogen-bond donors (Lipinski definition) is 1. The Morgan fingerprint density at radius 1 is 1.04 bits per heavy atom. The summed E-state index contributed by atoms with van der Waals surface area (Å²) in [5, 5.41) is 2.69. The van der Waals surface area contributed by atoms with E-state index in [9.17, 15) is 9.59 Å². The third-order valence-corrected chi connectivity index (χ3v) is 4.15. The molecule has 0 bridgehead atoms. The highest BCUT2D eigenvalue weighted by atomic mass is 16.6. The first kappa shape index (κ1) is 18.6. The summed E-state index contributed by atoms with van der Waals surface area (Å²) in [6.07, 6.45) is 1.72. The predicted molar refractivity (Wildman–Crippen MR) is 106 cm³/mol. The zero-order chi connectivity index (χ0) is 19.6. The third-order valence-electron chi connectivity index (χ3n) is 4.15. The van der Waals surface area contributed by atoms with Gasteiger partial charge in [0.15, 0.2) is 5.70 Å². The number of hydrogen-bond acceptors (Lipinski definition) is 4. The number of aliphatic imine (C=N–C) groups is 1.